The van der Waals surface area contributed by atoms with Crippen molar-refractivity contribution in [1.82, 2.24) is 5.32 Å². The summed E-state index contributed by atoms with van der Waals surface area (Å²) in [5.74, 6) is 0.361. The number of hydrogen-bond acceptors (Lipinski definition) is 3. The molecule has 0 aromatic heterocycles. The fourth-order valence-corrected chi connectivity index (χ4v) is 4.20. The van der Waals surface area contributed by atoms with Crippen LogP contribution in [0.25, 0.3) is 0 Å². The van der Waals surface area contributed by atoms with Crippen LogP contribution < -0.4 is 15.5 Å². The lowest BCUT2D eigenvalue weighted by atomic mass is 9.90. The summed E-state index contributed by atoms with van der Waals surface area (Å²) >= 11 is 0. The number of anilines is 2. The van der Waals surface area contributed by atoms with Crippen molar-refractivity contribution in [1.29, 1.82) is 0 Å². The van der Waals surface area contributed by atoms with Crippen LogP contribution >= 0.6 is 0 Å². The second-order valence-electron chi connectivity index (χ2n) is 9.46. The molecule has 1 saturated carbocycles. The molecule has 5 heteroatoms. The van der Waals surface area contributed by atoms with E-state index in [0.29, 0.717) is 0 Å². The Morgan fingerprint density at radius 1 is 0.897 bits per heavy atom. The van der Waals surface area contributed by atoms with Crippen LogP contribution in [0.3, 0.4) is 0 Å². The maximum Gasteiger partial charge on any atom is 0.239 e. The molecule has 1 aromatic carbocycles. The maximum absolute atomic E-state index is 12.8. The number of carbonyl (C=O) groups is 2. The summed E-state index contributed by atoms with van der Waals surface area (Å²) in [6, 6.07) is 8.19. The van der Waals surface area contributed by atoms with Crippen LogP contribution in [0.15, 0.2) is 24.3 Å². The van der Waals surface area contributed by atoms with Crippen LogP contribution in [0.2, 0.25) is 0 Å². The van der Waals surface area contributed by atoms with Crippen molar-refractivity contribution in [2.24, 2.45) is 11.3 Å². The quantitative estimate of drug-likeness (QED) is 0.556. The Morgan fingerprint density at radius 3 is 2.07 bits per heavy atom. The van der Waals surface area contributed by atoms with Crippen molar-refractivity contribution < 1.29 is 9.59 Å². The SMILES string of the molecule is CC1CCN(c2ccc(NC(=O)C(C)(C)C(=O)NC3CCCCCC3)cc2)CC1. The van der Waals surface area contributed by atoms with Gasteiger partial charge in [0.1, 0.15) is 5.41 Å². The molecule has 2 N–H and O–H groups in total. The van der Waals surface area contributed by atoms with Gasteiger partial charge in [-0.3, -0.25) is 9.59 Å². The van der Waals surface area contributed by atoms with E-state index < -0.39 is 5.41 Å². The molecule has 1 heterocycles. The molecule has 0 spiro atoms. The lowest BCUT2D eigenvalue weighted by molar-refractivity contribution is -0.138. The minimum absolute atomic E-state index is 0.180. The highest BCUT2D eigenvalue weighted by Gasteiger charge is 2.37. The third-order valence-electron chi connectivity index (χ3n) is 6.60. The molecule has 0 atom stereocenters. The number of benzene rings is 1. The van der Waals surface area contributed by atoms with Gasteiger partial charge in [-0.25, -0.2) is 0 Å². The van der Waals surface area contributed by atoms with E-state index in [1.807, 2.05) is 12.1 Å². The van der Waals surface area contributed by atoms with Crippen molar-refractivity contribution in [2.45, 2.75) is 78.2 Å². The number of hydrogen-bond donors (Lipinski definition) is 2. The standard InChI is InChI=1S/C24H37N3O2/c1-18-14-16-27(17-15-18)21-12-10-20(11-13-21)26-23(29)24(2,3)22(28)25-19-8-6-4-5-7-9-19/h10-13,18-19H,4-9,14-17H2,1-3H3,(H,25,28)(H,26,29). The Kier molecular flexibility index (Phi) is 7.20. The Morgan fingerprint density at radius 2 is 1.48 bits per heavy atom. The number of nitrogens with one attached hydrogen (secondary N) is 2. The van der Waals surface area contributed by atoms with Crippen LogP contribution in [0.5, 0.6) is 0 Å². The third kappa shape index (κ3) is 5.74. The van der Waals surface area contributed by atoms with Gasteiger partial charge in [-0.15, -0.1) is 0 Å². The average molecular weight is 400 g/mol. The molecule has 160 valence electrons. The molecule has 0 bridgehead atoms. The predicted molar refractivity (Wildman–Crippen MR) is 119 cm³/mol. The largest absolute Gasteiger partial charge is 0.372 e. The Labute approximate surface area is 175 Å². The zero-order valence-corrected chi connectivity index (χ0v) is 18.3. The van der Waals surface area contributed by atoms with Gasteiger partial charge in [0.15, 0.2) is 0 Å². The molecule has 2 amide bonds. The summed E-state index contributed by atoms with van der Waals surface area (Å²) in [6.07, 6.45) is 9.26. The smallest absolute Gasteiger partial charge is 0.239 e. The van der Waals surface area contributed by atoms with Gasteiger partial charge >= 0.3 is 0 Å². The first-order valence-electron chi connectivity index (χ1n) is 11.3. The van der Waals surface area contributed by atoms with Gasteiger partial charge in [0, 0.05) is 30.5 Å². The van der Waals surface area contributed by atoms with E-state index in [4.69, 9.17) is 0 Å². The first-order chi connectivity index (χ1) is 13.9. The lowest BCUT2D eigenvalue weighted by Gasteiger charge is -2.32. The predicted octanol–water partition coefficient (Wildman–Crippen LogP) is 4.73. The summed E-state index contributed by atoms with van der Waals surface area (Å²) in [7, 11) is 0. The fraction of sp³-hybridized carbons (Fsp3) is 0.667. The van der Waals surface area contributed by atoms with E-state index >= 15 is 0 Å². The summed E-state index contributed by atoms with van der Waals surface area (Å²) < 4.78 is 0. The highest BCUT2D eigenvalue weighted by Crippen LogP contribution is 2.26. The molecule has 1 aliphatic heterocycles. The Hall–Kier alpha value is -2.04. The van der Waals surface area contributed by atoms with Crippen LogP contribution in [-0.4, -0.2) is 30.9 Å². The molecule has 0 radical (unpaired) electrons. The Balaban J connectivity index is 1.55. The highest BCUT2D eigenvalue weighted by molar-refractivity contribution is 6.09. The highest BCUT2D eigenvalue weighted by atomic mass is 16.2. The van der Waals surface area contributed by atoms with Crippen LogP contribution in [0.1, 0.15) is 72.1 Å². The zero-order chi connectivity index (χ0) is 20.9. The number of carbonyl (C=O) groups excluding carboxylic acids is 2. The molecule has 29 heavy (non-hydrogen) atoms. The molecule has 1 saturated heterocycles. The summed E-state index contributed by atoms with van der Waals surface area (Å²) in [4.78, 5) is 28.0. The Bertz CT molecular complexity index is 683. The van der Waals surface area contributed by atoms with E-state index in [-0.39, 0.29) is 17.9 Å². The van der Waals surface area contributed by atoms with E-state index in [1.165, 1.54) is 31.4 Å². The average Bonchev–Trinajstić information content (AvgIpc) is 2.98. The van der Waals surface area contributed by atoms with Crippen molar-refractivity contribution in [3.63, 3.8) is 0 Å². The molecule has 0 unspecified atom stereocenters. The zero-order valence-electron chi connectivity index (χ0n) is 18.3. The van der Waals surface area contributed by atoms with Crippen molar-refractivity contribution in [3.8, 4) is 0 Å². The van der Waals surface area contributed by atoms with Gasteiger partial charge < -0.3 is 15.5 Å². The minimum Gasteiger partial charge on any atom is -0.372 e. The molecular formula is C24H37N3O2. The summed E-state index contributed by atoms with van der Waals surface area (Å²) in [5.41, 5.74) is 0.827. The fourth-order valence-electron chi connectivity index (χ4n) is 4.20. The van der Waals surface area contributed by atoms with Crippen molar-refractivity contribution >= 4 is 23.2 Å². The van der Waals surface area contributed by atoms with Crippen LogP contribution in [-0.2, 0) is 9.59 Å². The van der Waals surface area contributed by atoms with Gasteiger partial charge in [0.05, 0.1) is 0 Å². The molecule has 3 rings (SSSR count). The van der Waals surface area contributed by atoms with Gasteiger partial charge in [0.25, 0.3) is 0 Å². The van der Waals surface area contributed by atoms with Gasteiger partial charge in [-0.2, -0.15) is 0 Å². The number of rotatable bonds is 5. The third-order valence-corrected chi connectivity index (χ3v) is 6.60. The van der Waals surface area contributed by atoms with E-state index in [2.05, 4.69) is 34.6 Å². The second kappa shape index (κ2) is 9.64. The molecule has 1 aromatic rings. The number of nitrogens with zero attached hydrogens (tertiary/aromatic N) is 1. The minimum atomic E-state index is -1.10. The number of piperidine rings is 1. The van der Waals surface area contributed by atoms with Crippen molar-refractivity contribution in [3.05, 3.63) is 24.3 Å². The summed E-state index contributed by atoms with van der Waals surface area (Å²) in [5, 5.41) is 6.05. The lowest BCUT2D eigenvalue weighted by Crippen LogP contribution is -2.48. The van der Waals surface area contributed by atoms with E-state index in [0.717, 1.165) is 50.4 Å². The van der Waals surface area contributed by atoms with Gasteiger partial charge in [-0.1, -0.05) is 32.6 Å². The van der Waals surface area contributed by atoms with Gasteiger partial charge in [0.2, 0.25) is 11.8 Å². The molecule has 2 aliphatic rings. The normalized spacial score (nSPS) is 19.5. The van der Waals surface area contributed by atoms with Crippen molar-refractivity contribution in [2.75, 3.05) is 23.3 Å². The summed E-state index contributed by atoms with van der Waals surface area (Å²) in [6.45, 7) is 7.89. The molecular weight excluding hydrogens is 362 g/mol. The first kappa shape index (κ1) is 21.7. The van der Waals surface area contributed by atoms with E-state index in [9.17, 15) is 9.59 Å². The second-order valence-corrected chi connectivity index (χ2v) is 9.46. The topological polar surface area (TPSA) is 61.4 Å². The maximum atomic E-state index is 12.8. The molecule has 1 aliphatic carbocycles. The monoisotopic (exact) mass is 399 g/mol. The van der Waals surface area contributed by atoms with Crippen LogP contribution in [0.4, 0.5) is 11.4 Å². The first-order valence-corrected chi connectivity index (χ1v) is 11.3. The molecule has 2 fully saturated rings. The molecule has 5 nitrogen and oxygen atoms in total. The van der Waals surface area contributed by atoms with Gasteiger partial charge in [-0.05, 0) is 69.7 Å². The number of amides is 2. The van der Waals surface area contributed by atoms with E-state index in [1.54, 1.807) is 13.8 Å². The van der Waals surface area contributed by atoms with Crippen LogP contribution in [0, 0.1) is 11.3 Å².